The van der Waals surface area contributed by atoms with Gasteiger partial charge in [0.25, 0.3) is 0 Å². The van der Waals surface area contributed by atoms with Crippen molar-refractivity contribution in [2.75, 3.05) is 12.3 Å². The Balaban J connectivity index is 2.06. The van der Waals surface area contributed by atoms with Gasteiger partial charge in [-0.2, -0.15) is 0 Å². The molecule has 1 aromatic heterocycles. The van der Waals surface area contributed by atoms with Crippen LogP contribution in [0.4, 0.5) is 5.69 Å². The summed E-state index contributed by atoms with van der Waals surface area (Å²) in [6.07, 6.45) is 0.582. The summed E-state index contributed by atoms with van der Waals surface area (Å²) in [5.41, 5.74) is 7.72. The van der Waals surface area contributed by atoms with E-state index in [1.807, 2.05) is 12.3 Å². The SMILES string of the molecule is Cc1csc(CCNS(=O)(=O)c2cc(N)ccc2C)n1. The largest absolute Gasteiger partial charge is 0.399 e. The van der Waals surface area contributed by atoms with Crippen molar-refractivity contribution in [2.45, 2.75) is 25.2 Å². The molecule has 2 aromatic rings. The molecule has 0 aliphatic heterocycles. The zero-order chi connectivity index (χ0) is 14.8. The highest BCUT2D eigenvalue weighted by Gasteiger charge is 2.16. The number of hydrogen-bond acceptors (Lipinski definition) is 5. The molecule has 5 nitrogen and oxygen atoms in total. The van der Waals surface area contributed by atoms with Crippen LogP contribution in [0.15, 0.2) is 28.5 Å². The van der Waals surface area contributed by atoms with Crippen molar-refractivity contribution in [3.05, 3.63) is 39.8 Å². The number of nitrogen functional groups attached to an aromatic ring is 1. The van der Waals surface area contributed by atoms with Crippen LogP contribution in [0.5, 0.6) is 0 Å². The Morgan fingerprint density at radius 3 is 2.75 bits per heavy atom. The van der Waals surface area contributed by atoms with Gasteiger partial charge in [0, 0.05) is 29.7 Å². The monoisotopic (exact) mass is 311 g/mol. The Morgan fingerprint density at radius 1 is 1.35 bits per heavy atom. The first-order valence-corrected chi connectivity index (χ1v) is 8.51. The van der Waals surface area contributed by atoms with E-state index >= 15 is 0 Å². The summed E-state index contributed by atoms with van der Waals surface area (Å²) in [7, 11) is -3.53. The van der Waals surface area contributed by atoms with Crippen LogP contribution in [-0.4, -0.2) is 19.9 Å². The lowest BCUT2D eigenvalue weighted by Crippen LogP contribution is -2.26. The van der Waals surface area contributed by atoms with E-state index in [-0.39, 0.29) is 4.90 Å². The summed E-state index contributed by atoms with van der Waals surface area (Å²) < 4.78 is 27.0. The Morgan fingerprint density at radius 2 is 2.10 bits per heavy atom. The molecule has 0 atom stereocenters. The van der Waals surface area contributed by atoms with E-state index in [1.54, 1.807) is 19.1 Å². The molecule has 1 heterocycles. The normalized spacial score (nSPS) is 11.7. The lowest BCUT2D eigenvalue weighted by atomic mass is 10.2. The molecule has 2 rings (SSSR count). The van der Waals surface area contributed by atoms with Crippen molar-refractivity contribution >= 4 is 27.0 Å². The molecule has 0 bridgehead atoms. The highest BCUT2D eigenvalue weighted by molar-refractivity contribution is 7.89. The number of thiazole rings is 1. The van der Waals surface area contributed by atoms with Gasteiger partial charge in [-0.05, 0) is 31.5 Å². The minimum atomic E-state index is -3.53. The van der Waals surface area contributed by atoms with Crippen LogP contribution in [-0.2, 0) is 16.4 Å². The second-order valence-corrected chi connectivity index (χ2v) is 7.23. The van der Waals surface area contributed by atoms with Gasteiger partial charge >= 0.3 is 0 Å². The number of sulfonamides is 1. The number of aromatic nitrogens is 1. The highest BCUT2D eigenvalue weighted by Crippen LogP contribution is 2.18. The van der Waals surface area contributed by atoms with E-state index in [0.717, 1.165) is 10.7 Å². The molecule has 0 unspecified atom stereocenters. The zero-order valence-corrected chi connectivity index (χ0v) is 13.0. The Hall–Kier alpha value is -1.44. The first-order chi connectivity index (χ1) is 9.38. The molecule has 0 fully saturated rings. The van der Waals surface area contributed by atoms with Gasteiger partial charge in [-0.3, -0.25) is 0 Å². The van der Waals surface area contributed by atoms with Gasteiger partial charge in [-0.15, -0.1) is 11.3 Å². The second-order valence-electron chi connectivity index (χ2n) is 4.56. The maximum Gasteiger partial charge on any atom is 0.240 e. The van der Waals surface area contributed by atoms with Crippen LogP contribution in [0.25, 0.3) is 0 Å². The van der Waals surface area contributed by atoms with Gasteiger partial charge in [0.1, 0.15) is 0 Å². The predicted octanol–water partition coefficient (Wildman–Crippen LogP) is 1.86. The first-order valence-electron chi connectivity index (χ1n) is 6.15. The predicted molar refractivity (Wildman–Crippen MR) is 81.3 cm³/mol. The molecule has 108 valence electrons. The molecule has 0 aliphatic rings. The molecular formula is C13H17N3O2S2. The summed E-state index contributed by atoms with van der Waals surface area (Å²) >= 11 is 1.54. The minimum Gasteiger partial charge on any atom is -0.399 e. The third-order valence-corrected chi connectivity index (χ3v) is 5.43. The third kappa shape index (κ3) is 3.56. The number of hydrogen-bond donors (Lipinski definition) is 2. The third-order valence-electron chi connectivity index (χ3n) is 2.80. The van der Waals surface area contributed by atoms with Gasteiger partial charge in [0.05, 0.1) is 9.90 Å². The lowest BCUT2D eigenvalue weighted by Gasteiger charge is -2.09. The number of nitrogens with zero attached hydrogens (tertiary/aromatic N) is 1. The molecule has 1 aromatic carbocycles. The Kier molecular flexibility index (Phi) is 4.42. The Labute approximate surface area is 122 Å². The minimum absolute atomic E-state index is 0.229. The number of nitrogens with two attached hydrogens (primary N) is 1. The van der Waals surface area contributed by atoms with Gasteiger partial charge in [0.15, 0.2) is 0 Å². The zero-order valence-electron chi connectivity index (χ0n) is 11.4. The van der Waals surface area contributed by atoms with Gasteiger partial charge in [0.2, 0.25) is 10.0 Å². The molecular weight excluding hydrogens is 294 g/mol. The molecule has 0 saturated carbocycles. The van der Waals surface area contributed by atoms with Crippen molar-refractivity contribution in [1.82, 2.24) is 9.71 Å². The van der Waals surface area contributed by atoms with E-state index in [2.05, 4.69) is 9.71 Å². The summed E-state index contributed by atoms with van der Waals surface area (Å²) in [4.78, 5) is 4.53. The van der Waals surface area contributed by atoms with Crippen molar-refractivity contribution in [1.29, 1.82) is 0 Å². The van der Waals surface area contributed by atoms with Crippen LogP contribution in [0.3, 0.4) is 0 Å². The van der Waals surface area contributed by atoms with Crippen molar-refractivity contribution in [3.63, 3.8) is 0 Å². The number of anilines is 1. The summed E-state index contributed by atoms with van der Waals surface area (Å²) in [6.45, 7) is 3.99. The van der Waals surface area contributed by atoms with E-state index in [0.29, 0.717) is 24.2 Å². The number of benzene rings is 1. The molecule has 3 N–H and O–H groups in total. The summed E-state index contributed by atoms with van der Waals surface area (Å²) in [5, 5.41) is 2.88. The van der Waals surface area contributed by atoms with E-state index in [4.69, 9.17) is 5.73 Å². The molecule has 0 radical (unpaired) electrons. The fraction of sp³-hybridized carbons (Fsp3) is 0.308. The highest BCUT2D eigenvalue weighted by atomic mass is 32.2. The molecule has 20 heavy (non-hydrogen) atoms. The quantitative estimate of drug-likeness (QED) is 0.825. The van der Waals surface area contributed by atoms with Crippen LogP contribution in [0, 0.1) is 13.8 Å². The fourth-order valence-electron chi connectivity index (χ4n) is 1.79. The number of nitrogens with one attached hydrogen (secondary N) is 1. The number of aryl methyl sites for hydroxylation is 2. The lowest BCUT2D eigenvalue weighted by molar-refractivity contribution is 0.581. The van der Waals surface area contributed by atoms with Gasteiger partial charge < -0.3 is 5.73 Å². The van der Waals surface area contributed by atoms with Crippen LogP contribution in [0.1, 0.15) is 16.3 Å². The van der Waals surface area contributed by atoms with Crippen LogP contribution < -0.4 is 10.5 Å². The maximum atomic E-state index is 12.2. The smallest absolute Gasteiger partial charge is 0.240 e. The van der Waals surface area contributed by atoms with E-state index in [1.165, 1.54) is 17.4 Å². The molecule has 0 aliphatic carbocycles. The molecule has 0 spiro atoms. The van der Waals surface area contributed by atoms with Crippen LogP contribution >= 0.6 is 11.3 Å². The number of rotatable bonds is 5. The first kappa shape index (κ1) is 15.0. The summed E-state index contributed by atoms with van der Waals surface area (Å²) in [5.74, 6) is 0. The second kappa shape index (κ2) is 5.90. The average molecular weight is 311 g/mol. The van der Waals surface area contributed by atoms with E-state index < -0.39 is 10.0 Å². The molecule has 0 amide bonds. The van der Waals surface area contributed by atoms with Crippen molar-refractivity contribution < 1.29 is 8.42 Å². The van der Waals surface area contributed by atoms with Crippen LogP contribution in [0.2, 0.25) is 0 Å². The fourth-order valence-corrected chi connectivity index (χ4v) is 3.88. The Bertz CT molecular complexity index is 708. The average Bonchev–Trinajstić information content (AvgIpc) is 2.78. The van der Waals surface area contributed by atoms with E-state index in [9.17, 15) is 8.42 Å². The molecule has 0 saturated heterocycles. The van der Waals surface area contributed by atoms with Gasteiger partial charge in [-0.1, -0.05) is 6.07 Å². The molecule has 7 heteroatoms. The van der Waals surface area contributed by atoms with Crippen molar-refractivity contribution in [3.8, 4) is 0 Å². The van der Waals surface area contributed by atoms with Crippen molar-refractivity contribution in [2.24, 2.45) is 0 Å². The topological polar surface area (TPSA) is 85.1 Å². The van der Waals surface area contributed by atoms with Gasteiger partial charge in [-0.25, -0.2) is 18.1 Å². The summed E-state index contributed by atoms with van der Waals surface area (Å²) in [6, 6.07) is 4.87. The maximum absolute atomic E-state index is 12.2. The standard InChI is InChI=1S/C13H17N3O2S2/c1-9-3-4-11(14)7-12(9)20(17,18)15-6-5-13-16-10(2)8-19-13/h3-4,7-8,15H,5-6,14H2,1-2H3.